The summed E-state index contributed by atoms with van der Waals surface area (Å²) in [6, 6.07) is 2.78. The average Bonchev–Trinajstić information content (AvgIpc) is 2.01. The van der Waals surface area contributed by atoms with Gasteiger partial charge in [-0.15, -0.1) is 0 Å². The first-order valence-corrected chi connectivity index (χ1v) is 3.39. The summed E-state index contributed by atoms with van der Waals surface area (Å²) in [6.45, 7) is 1.30. The number of hydrogen-bond donors (Lipinski definition) is 0. The van der Waals surface area contributed by atoms with Crippen molar-refractivity contribution in [2.75, 3.05) is 0 Å². The Kier molecular flexibility index (Phi) is 2.24. The van der Waals surface area contributed by atoms with Crippen LogP contribution in [0.15, 0.2) is 12.3 Å². The standard InChI is InChI=1S/C8H5F3N2/c1-5-2-6(3-12)13-4-7(5)8(9,10)11/h2,4H,1H3. The molecule has 0 spiro atoms. The normalized spacial score (nSPS) is 11.0. The molecule has 0 amide bonds. The molecule has 0 N–H and O–H groups in total. The van der Waals surface area contributed by atoms with E-state index in [1.807, 2.05) is 0 Å². The van der Waals surface area contributed by atoms with Gasteiger partial charge in [-0.25, -0.2) is 4.98 Å². The van der Waals surface area contributed by atoms with Gasteiger partial charge in [0.25, 0.3) is 0 Å². The lowest BCUT2D eigenvalue weighted by Crippen LogP contribution is -2.08. The van der Waals surface area contributed by atoms with Crippen molar-refractivity contribution in [3.63, 3.8) is 0 Å². The number of pyridine rings is 1. The molecular weight excluding hydrogens is 181 g/mol. The molecule has 2 nitrogen and oxygen atoms in total. The van der Waals surface area contributed by atoms with Gasteiger partial charge < -0.3 is 0 Å². The van der Waals surface area contributed by atoms with Crippen LogP contribution in [0.4, 0.5) is 13.2 Å². The fourth-order valence-corrected chi connectivity index (χ4v) is 0.914. The minimum atomic E-state index is -4.40. The maximum absolute atomic E-state index is 12.2. The maximum Gasteiger partial charge on any atom is 0.418 e. The predicted octanol–water partition coefficient (Wildman–Crippen LogP) is 2.28. The Balaban J connectivity index is 3.23. The number of nitrogens with zero attached hydrogens (tertiary/aromatic N) is 2. The van der Waals surface area contributed by atoms with Crippen LogP contribution in [0.1, 0.15) is 16.8 Å². The first-order chi connectivity index (χ1) is 5.95. The lowest BCUT2D eigenvalue weighted by molar-refractivity contribution is -0.138. The smallest absolute Gasteiger partial charge is 0.245 e. The summed E-state index contributed by atoms with van der Waals surface area (Å²) >= 11 is 0. The van der Waals surface area contributed by atoms with Crippen molar-refractivity contribution in [2.45, 2.75) is 13.1 Å². The van der Waals surface area contributed by atoms with Crippen LogP contribution in [0.5, 0.6) is 0 Å². The maximum atomic E-state index is 12.2. The fourth-order valence-electron chi connectivity index (χ4n) is 0.914. The number of nitriles is 1. The summed E-state index contributed by atoms with van der Waals surface area (Å²) in [5, 5.41) is 8.36. The second-order valence-corrected chi connectivity index (χ2v) is 2.49. The van der Waals surface area contributed by atoms with Crippen LogP contribution in [-0.4, -0.2) is 4.98 Å². The Morgan fingerprint density at radius 1 is 1.46 bits per heavy atom. The van der Waals surface area contributed by atoms with Crippen LogP contribution in [0.2, 0.25) is 0 Å². The molecule has 0 unspecified atom stereocenters. The van der Waals surface area contributed by atoms with Gasteiger partial charge in [-0.1, -0.05) is 0 Å². The van der Waals surface area contributed by atoms with Crippen molar-refractivity contribution in [3.8, 4) is 6.07 Å². The number of aromatic nitrogens is 1. The van der Waals surface area contributed by atoms with Crippen LogP contribution in [0.3, 0.4) is 0 Å². The first-order valence-electron chi connectivity index (χ1n) is 3.39. The van der Waals surface area contributed by atoms with E-state index >= 15 is 0 Å². The molecule has 0 fully saturated rings. The Morgan fingerprint density at radius 3 is 2.46 bits per heavy atom. The van der Waals surface area contributed by atoms with E-state index in [2.05, 4.69) is 4.98 Å². The minimum absolute atomic E-state index is 0.00880. The molecule has 0 aliphatic heterocycles. The van der Waals surface area contributed by atoms with Crippen molar-refractivity contribution in [1.82, 2.24) is 4.98 Å². The molecule has 1 aromatic heterocycles. The highest BCUT2D eigenvalue weighted by molar-refractivity contribution is 5.32. The van der Waals surface area contributed by atoms with E-state index in [9.17, 15) is 13.2 Å². The first kappa shape index (κ1) is 9.52. The highest BCUT2D eigenvalue weighted by Crippen LogP contribution is 2.31. The van der Waals surface area contributed by atoms with Gasteiger partial charge in [0.05, 0.1) is 5.56 Å². The number of aryl methyl sites for hydroxylation is 1. The number of rotatable bonds is 0. The molecule has 68 valence electrons. The van der Waals surface area contributed by atoms with E-state index in [4.69, 9.17) is 5.26 Å². The van der Waals surface area contributed by atoms with Crippen LogP contribution < -0.4 is 0 Å². The lowest BCUT2D eigenvalue weighted by Gasteiger charge is -2.08. The third-order valence-corrected chi connectivity index (χ3v) is 1.53. The largest absolute Gasteiger partial charge is 0.418 e. The molecule has 0 aliphatic carbocycles. The number of alkyl halides is 3. The van der Waals surface area contributed by atoms with Gasteiger partial charge in [0.2, 0.25) is 0 Å². The average molecular weight is 186 g/mol. The van der Waals surface area contributed by atoms with Gasteiger partial charge in [0.1, 0.15) is 11.8 Å². The van der Waals surface area contributed by atoms with E-state index < -0.39 is 11.7 Å². The predicted molar refractivity (Wildman–Crippen MR) is 38.7 cm³/mol. The monoisotopic (exact) mass is 186 g/mol. The van der Waals surface area contributed by atoms with Crippen LogP contribution in [0, 0.1) is 18.3 Å². The van der Waals surface area contributed by atoms with E-state index in [-0.39, 0.29) is 11.3 Å². The molecule has 0 saturated carbocycles. The minimum Gasteiger partial charge on any atom is -0.245 e. The van der Waals surface area contributed by atoms with Crippen molar-refractivity contribution in [3.05, 3.63) is 29.1 Å². The SMILES string of the molecule is Cc1cc(C#N)ncc1C(F)(F)F. The van der Waals surface area contributed by atoms with Crippen molar-refractivity contribution in [2.24, 2.45) is 0 Å². The quantitative estimate of drug-likeness (QED) is 0.623. The lowest BCUT2D eigenvalue weighted by atomic mass is 10.1. The van der Waals surface area contributed by atoms with E-state index in [0.29, 0.717) is 6.20 Å². The van der Waals surface area contributed by atoms with E-state index in [1.165, 1.54) is 6.92 Å². The number of halogens is 3. The Labute approximate surface area is 72.6 Å². The molecule has 1 heterocycles. The van der Waals surface area contributed by atoms with Crippen molar-refractivity contribution < 1.29 is 13.2 Å². The molecule has 5 heteroatoms. The Morgan fingerprint density at radius 2 is 2.08 bits per heavy atom. The second kappa shape index (κ2) is 3.05. The molecular formula is C8H5F3N2. The zero-order valence-electron chi connectivity index (χ0n) is 6.68. The third-order valence-electron chi connectivity index (χ3n) is 1.53. The highest BCUT2D eigenvalue weighted by Gasteiger charge is 2.32. The van der Waals surface area contributed by atoms with E-state index in [0.717, 1.165) is 6.07 Å². The molecule has 1 aromatic rings. The fraction of sp³-hybridized carbons (Fsp3) is 0.250. The van der Waals surface area contributed by atoms with E-state index in [1.54, 1.807) is 6.07 Å². The van der Waals surface area contributed by atoms with Gasteiger partial charge in [-0.05, 0) is 18.6 Å². The summed E-state index contributed by atoms with van der Waals surface area (Å²) in [4.78, 5) is 3.34. The summed E-state index contributed by atoms with van der Waals surface area (Å²) in [7, 11) is 0. The van der Waals surface area contributed by atoms with Gasteiger partial charge in [-0.2, -0.15) is 18.4 Å². The van der Waals surface area contributed by atoms with Gasteiger partial charge in [-0.3, -0.25) is 0 Å². The van der Waals surface area contributed by atoms with Gasteiger partial charge in [0, 0.05) is 6.20 Å². The molecule has 0 bridgehead atoms. The van der Waals surface area contributed by atoms with Crippen molar-refractivity contribution in [1.29, 1.82) is 5.26 Å². The molecule has 0 atom stereocenters. The summed E-state index contributed by atoms with van der Waals surface area (Å²) in [5.74, 6) is 0. The molecule has 0 aromatic carbocycles. The van der Waals surface area contributed by atoms with Crippen LogP contribution in [0.25, 0.3) is 0 Å². The third kappa shape index (κ3) is 1.96. The van der Waals surface area contributed by atoms with Crippen molar-refractivity contribution >= 4 is 0 Å². The molecule has 0 aliphatic rings. The molecule has 0 radical (unpaired) electrons. The highest BCUT2D eigenvalue weighted by atomic mass is 19.4. The molecule has 13 heavy (non-hydrogen) atoms. The van der Waals surface area contributed by atoms with Crippen LogP contribution >= 0.6 is 0 Å². The molecule has 1 rings (SSSR count). The second-order valence-electron chi connectivity index (χ2n) is 2.49. The zero-order chi connectivity index (χ0) is 10.1. The number of hydrogen-bond acceptors (Lipinski definition) is 2. The Bertz CT molecular complexity index is 363. The summed E-state index contributed by atoms with van der Waals surface area (Å²) in [5.41, 5.74) is -0.795. The topological polar surface area (TPSA) is 36.7 Å². The Hall–Kier alpha value is -1.57. The summed E-state index contributed by atoms with van der Waals surface area (Å²) in [6.07, 6.45) is -3.72. The zero-order valence-corrected chi connectivity index (χ0v) is 6.68. The summed E-state index contributed by atoms with van der Waals surface area (Å²) < 4.78 is 36.5. The van der Waals surface area contributed by atoms with Gasteiger partial charge >= 0.3 is 6.18 Å². The van der Waals surface area contributed by atoms with Gasteiger partial charge in [0.15, 0.2) is 0 Å². The molecule has 0 saturated heterocycles. The van der Waals surface area contributed by atoms with Crippen LogP contribution in [-0.2, 0) is 6.18 Å².